The van der Waals surface area contributed by atoms with E-state index in [9.17, 15) is 13.5 Å². The molecule has 4 rings (SSSR count). The van der Waals surface area contributed by atoms with E-state index in [-0.39, 0.29) is 23.2 Å². The Hall–Kier alpha value is -1.78. The van der Waals surface area contributed by atoms with Gasteiger partial charge in [0.2, 0.25) is 5.09 Å². The maximum Gasteiger partial charge on any atom is 0.274 e. The van der Waals surface area contributed by atoms with Crippen molar-refractivity contribution in [3.8, 4) is 0 Å². The van der Waals surface area contributed by atoms with Crippen LogP contribution in [0.4, 0.5) is 0 Å². The first-order valence-corrected chi connectivity index (χ1v) is 10.2. The Morgan fingerprint density at radius 2 is 2.12 bits per heavy atom. The summed E-state index contributed by atoms with van der Waals surface area (Å²) in [5.41, 5.74) is 6.69. The van der Waals surface area contributed by atoms with Crippen molar-refractivity contribution in [2.75, 3.05) is 6.54 Å². The van der Waals surface area contributed by atoms with Crippen molar-refractivity contribution in [3.05, 3.63) is 48.0 Å². The second kappa shape index (κ2) is 7.09. The Morgan fingerprint density at radius 1 is 1.27 bits per heavy atom. The first-order valence-electron chi connectivity index (χ1n) is 8.72. The van der Waals surface area contributed by atoms with Crippen LogP contribution in [-0.2, 0) is 10.0 Å². The number of hydrogen-bond donors (Lipinski definition) is 4. The number of aliphatic hydroxyl groups excluding tert-OH is 1. The van der Waals surface area contributed by atoms with E-state index < -0.39 is 16.1 Å². The van der Waals surface area contributed by atoms with Crippen molar-refractivity contribution in [2.24, 2.45) is 5.92 Å². The molecular formula is C17H22N4O4S. The molecular weight excluding hydrogens is 356 g/mol. The molecule has 3 heterocycles. The van der Waals surface area contributed by atoms with Crippen LogP contribution in [0.15, 0.2) is 46.0 Å². The summed E-state index contributed by atoms with van der Waals surface area (Å²) in [5.74, 6) is 0.591. The molecule has 1 aliphatic carbocycles. The molecule has 26 heavy (non-hydrogen) atoms. The Morgan fingerprint density at radius 3 is 2.77 bits per heavy atom. The zero-order chi connectivity index (χ0) is 18.1. The highest BCUT2D eigenvalue weighted by Crippen LogP contribution is 2.38. The van der Waals surface area contributed by atoms with Gasteiger partial charge < -0.3 is 9.52 Å². The molecule has 0 aromatic carbocycles. The van der Waals surface area contributed by atoms with Gasteiger partial charge in [0.05, 0.1) is 23.9 Å². The third kappa shape index (κ3) is 3.53. The molecule has 2 aliphatic rings. The van der Waals surface area contributed by atoms with E-state index in [0.29, 0.717) is 24.3 Å². The smallest absolute Gasteiger partial charge is 0.274 e. The average molecular weight is 378 g/mol. The predicted octanol–water partition coefficient (Wildman–Crippen LogP) is 1.00. The number of hydrazine groups is 1. The van der Waals surface area contributed by atoms with Crippen LogP contribution in [0.5, 0.6) is 0 Å². The molecule has 2 aromatic rings. The zero-order valence-corrected chi connectivity index (χ0v) is 14.9. The third-order valence-electron chi connectivity index (χ3n) is 4.95. The van der Waals surface area contributed by atoms with Gasteiger partial charge in [0.25, 0.3) is 10.0 Å². The van der Waals surface area contributed by atoms with Gasteiger partial charge in [-0.1, -0.05) is 6.07 Å². The standard InChI is InChI=1S/C17H22N4O4S/c22-12-9-11(10-12)17(14-3-1-2-7-18-14)21-26(23,24)16-5-4-15(25-16)13-6-8-19-20-13/h1-5,7,11-13,17,19-22H,6,8-10H2. The minimum atomic E-state index is -3.84. The molecule has 1 aliphatic heterocycles. The van der Waals surface area contributed by atoms with Crippen LogP contribution in [0.25, 0.3) is 0 Å². The first-order chi connectivity index (χ1) is 12.5. The van der Waals surface area contributed by atoms with Crippen LogP contribution >= 0.6 is 0 Å². The van der Waals surface area contributed by atoms with E-state index in [1.807, 2.05) is 6.07 Å². The first kappa shape index (κ1) is 17.6. The summed E-state index contributed by atoms with van der Waals surface area (Å²) in [6.07, 6.45) is 3.18. The molecule has 9 heteroatoms. The van der Waals surface area contributed by atoms with Crippen molar-refractivity contribution in [1.82, 2.24) is 20.6 Å². The lowest BCUT2D eigenvalue weighted by molar-refractivity contribution is 0.0273. The highest BCUT2D eigenvalue weighted by Gasteiger charge is 2.38. The Bertz CT molecular complexity index is 843. The second-order valence-corrected chi connectivity index (χ2v) is 8.45. The predicted molar refractivity (Wildman–Crippen MR) is 93.2 cm³/mol. The maximum atomic E-state index is 12.8. The largest absolute Gasteiger partial charge is 0.447 e. The summed E-state index contributed by atoms with van der Waals surface area (Å²) >= 11 is 0. The molecule has 1 saturated heterocycles. The van der Waals surface area contributed by atoms with Crippen molar-refractivity contribution in [2.45, 2.75) is 42.5 Å². The van der Waals surface area contributed by atoms with Crippen molar-refractivity contribution in [3.63, 3.8) is 0 Å². The Kier molecular flexibility index (Phi) is 4.80. The number of aliphatic hydroxyl groups is 1. The van der Waals surface area contributed by atoms with E-state index in [1.54, 1.807) is 24.4 Å². The number of pyridine rings is 1. The van der Waals surface area contributed by atoms with Gasteiger partial charge in [-0.25, -0.2) is 13.8 Å². The number of furan rings is 1. The lowest BCUT2D eigenvalue weighted by Gasteiger charge is -2.37. The summed E-state index contributed by atoms with van der Waals surface area (Å²) in [6, 6.07) is 8.02. The zero-order valence-electron chi connectivity index (χ0n) is 14.1. The van der Waals surface area contributed by atoms with E-state index in [1.165, 1.54) is 6.07 Å². The van der Waals surface area contributed by atoms with Crippen LogP contribution < -0.4 is 15.6 Å². The Balaban J connectivity index is 1.56. The molecule has 2 unspecified atom stereocenters. The average Bonchev–Trinajstić information content (AvgIpc) is 3.29. The van der Waals surface area contributed by atoms with Gasteiger partial charge in [0.15, 0.2) is 0 Å². The van der Waals surface area contributed by atoms with Gasteiger partial charge in [0, 0.05) is 12.7 Å². The van der Waals surface area contributed by atoms with Gasteiger partial charge in [0.1, 0.15) is 5.76 Å². The van der Waals surface area contributed by atoms with Crippen molar-refractivity contribution in [1.29, 1.82) is 0 Å². The number of aromatic nitrogens is 1. The van der Waals surface area contributed by atoms with E-state index in [0.717, 1.165) is 13.0 Å². The minimum Gasteiger partial charge on any atom is -0.447 e. The molecule has 2 fully saturated rings. The molecule has 4 N–H and O–H groups in total. The van der Waals surface area contributed by atoms with Gasteiger partial charge >= 0.3 is 0 Å². The lowest BCUT2D eigenvalue weighted by atomic mass is 9.76. The number of rotatable bonds is 6. The second-order valence-electron chi connectivity index (χ2n) is 6.81. The number of nitrogens with zero attached hydrogens (tertiary/aromatic N) is 1. The molecule has 8 nitrogen and oxygen atoms in total. The minimum absolute atomic E-state index is 0.00445. The highest BCUT2D eigenvalue weighted by molar-refractivity contribution is 7.89. The quantitative estimate of drug-likeness (QED) is 0.593. The summed E-state index contributed by atoms with van der Waals surface area (Å²) < 4.78 is 34.0. The summed E-state index contributed by atoms with van der Waals surface area (Å²) in [6.45, 7) is 0.803. The third-order valence-corrected chi connectivity index (χ3v) is 6.27. The van der Waals surface area contributed by atoms with Gasteiger partial charge in [-0.3, -0.25) is 10.4 Å². The van der Waals surface area contributed by atoms with Gasteiger partial charge in [-0.2, -0.15) is 4.72 Å². The number of sulfonamides is 1. The van der Waals surface area contributed by atoms with Crippen LogP contribution in [-0.4, -0.2) is 31.2 Å². The fourth-order valence-electron chi connectivity index (χ4n) is 3.45. The van der Waals surface area contributed by atoms with E-state index >= 15 is 0 Å². The maximum absolute atomic E-state index is 12.8. The lowest BCUT2D eigenvalue weighted by Crippen LogP contribution is -2.41. The molecule has 0 spiro atoms. The number of nitrogens with one attached hydrogen (secondary N) is 3. The fourth-order valence-corrected chi connectivity index (χ4v) is 4.67. The summed E-state index contributed by atoms with van der Waals surface area (Å²) in [4.78, 5) is 4.30. The van der Waals surface area contributed by atoms with Crippen molar-refractivity contribution >= 4 is 10.0 Å². The van der Waals surface area contributed by atoms with E-state index in [4.69, 9.17) is 4.42 Å². The molecule has 0 bridgehead atoms. The molecule has 2 atom stereocenters. The van der Waals surface area contributed by atoms with Crippen molar-refractivity contribution < 1.29 is 17.9 Å². The highest BCUT2D eigenvalue weighted by atomic mass is 32.2. The van der Waals surface area contributed by atoms with Crippen LogP contribution in [0.3, 0.4) is 0 Å². The van der Waals surface area contributed by atoms with Gasteiger partial charge in [-0.05, 0) is 49.4 Å². The van der Waals surface area contributed by atoms with Gasteiger partial charge in [-0.15, -0.1) is 0 Å². The molecule has 0 amide bonds. The molecule has 140 valence electrons. The summed E-state index contributed by atoms with van der Waals surface area (Å²) in [5, 5.41) is 9.52. The van der Waals surface area contributed by atoms with E-state index in [2.05, 4.69) is 20.6 Å². The normalized spacial score (nSPS) is 27.2. The van der Waals surface area contributed by atoms with Crippen LogP contribution in [0.1, 0.15) is 42.8 Å². The number of hydrogen-bond acceptors (Lipinski definition) is 7. The van der Waals surface area contributed by atoms with Crippen LogP contribution in [0.2, 0.25) is 0 Å². The monoisotopic (exact) mass is 378 g/mol. The molecule has 1 saturated carbocycles. The SMILES string of the molecule is O=S(=O)(NC(c1ccccn1)C1CC(O)C1)c1ccc(C2CCNN2)o1. The topological polar surface area (TPSA) is 116 Å². The molecule has 2 aromatic heterocycles. The summed E-state index contributed by atoms with van der Waals surface area (Å²) in [7, 11) is -3.84. The fraction of sp³-hybridized carbons (Fsp3) is 0.471. The Labute approximate surface area is 152 Å². The molecule has 0 radical (unpaired) electrons. The van der Waals surface area contributed by atoms with Crippen LogP contribution in [0, 0.1) is 5.92 Å².